The van der Waals surface area contributed by atoms with Crippen LogP contribution in [0.25, 0.3) is 0 Å². The summed E-state index contributed by atoms with van der Waals surface area (Å²) in [6, 6.07) is 10.9. The Kier molecular flexibility index (Phi) is 4.82. The number of rotatable bonds is 5. The molecule has 2 aromatic carbocycles. The molecule has 0 atom stereocenters. The van der Waals surface area contributed by atoms with Crippen molar-refractivity contribution in [2.24, 2.45) is 0 Å². The molecule has 0 saturated carbocycles. The summed E-state index contributed by atoms with van der Waals surface area (Å²) in [6.07, 6.45) is 0. The van der Waals surface area contributed by atoms with Gasteiger partial charge in [-0.25, -0.2) is 17.5 Å². The largest absolute Gasteiger partial charge is 0.381 e. The van der Waals surface area contributed by atoms with Gasteiger partial charge in [-0.2, -0.15) is 0 Å². The third-order valence-electron chi connectivity index (χ3n) is 2.91. The van der Waals surface area contributed by atoms with Crippen LogP contribution in [-0.4, -0.2) is 15.5 Å². The van der Waals surface area contributed by atoms with Gasteiger partial charge in [0.15, 0.2) is 0 Å². The fraction of sp³-hybridized carbons (Fsp3) is 0.143. The molecule has 0 saturated heterocycles. The number of hydrogen-bond donors (Lipinski definition) is 2. The quantitative estimate of drug-likeness (QED) is 0.887. The Morgan fingerprint density at radius 2 is 1.81 bits per heavy atom. The molecule has 0 radical (unpaired) electrons. The summed E-state index contributed by atoms with van der Waals surface area (Å²) >= 11 is 5.61. The normalized spacial score (nSPS) is 11.4. The molecule has 0 unspecified atom stereocenters. The van der Waals surface area contributed by atoms with Crippen molar-refractivity contribution in [3.05, 3.63) is 58.9 Å². The van der Waals surface area contributed by atoms with Crippen molar-refractivity contribution in [1.82, 2.24) is 4.72 Å². The van der Waals surface area contributed by atoms with Crippen LogP contribution in [0.3, 0.4) is 0 Å². The molecule has 0 aliphatic rings. The Bertz CT molecular complexity index is 733. The van der Waals surface area contributed by atoms with E-state index < -0.39 is 15.8 Å². The predicted molar refractivity (Wildman–Crippen MR) is 81.4 cm³/mol. The highest BCUT2D eigenvalue weighted by atomic mass is 35.5. The third kappa shape index (κ3) is 3.93. The maximum Gasteiger partial charge on any atom is 0.240 e. The molecule has 7 heteroatoms. The van der Waals surface area contributed by atoms with Crippen LogP contribution >= 0.6 is 11.6 Å². The van der Waals surface area contributed by atoms with Crippen LogP contribution in [0.1, 0.15) is 5.56 Å². The topological polar surface area (TPSA) is 58.2 Å². The standard InChI is InChI=1S/C14H14ClFN2O2S/c1-17-21(19,20)12-5-3-11(4-6-12)18-9-10-2-7-13(15)14(16)8-10/h2-8,17-18H,9H2,1H3. The Morgan fingerprint density at radius 3 is 2.38 bits per heavy atom. The fourth-order valence-corrected chi connectivity index (χ4v) is 2.57. The van der Waals surface area contributed by atoms with Gasteiger partial charge >= 0.3 is 0 Å². The minimum absolute atomic E-state index is 0.0837. The molecule has 0 fully saturated rings. The van der Waals surface area contributed by atoms with Crippen molar-refractivity contribution in [1.29, 1.82) is 0 Å². The highest BCUT2D eigenvalue weighted by molar-refractivity contribution is 7.89. The lowest BCUT2D eigenvalue weighted by Gasteiger charge is -2.08. The summed E-state index contributed by atoms with van der Waals surface area (Å²) in [5.74, 6) is -0.466. The highest BCUT2D eigenvalue weighted by Crippen LogP contribution is 2.18. The first-order chi connectivity index (χ1) is 9.92. The monoisotopic (exact) mass is 328 g/mol. The van der Waals surface area contributed by atoms with Gasteiger partial charge in [0.25, 0.3) is 0 Å². The smallest absolute Gasteiger partial charge is 0.240 e. The van der Waals surface area contributed by atoms with Crippen LogP contribution < -0.4 is 10.0 Å². The second-order valence-electron chi connectivity index (χ2n) is 4.33. The highest BCUT2D eigenvalue weighted by Gasteiger charge is 2.10. The lowest BCUT2D eigenvalue weighted by Crippen LogP contribution is -2.18. The summed E-state index contributed by atoms with van der Waals surface area (Å²) in [5.41, 5.74) is 1.48. The Balaban J connectivity index is 2.05. The molecular formula is C14H14ClFN2O2S. The predicted octanol–water partition coefficient (Wildman–Crippen LogP) is 3.00. The van der Waals surface area contributed by atoms with Gasteiger partial charge in [-0.05, 0) is 49.0 Å². The summed E-state index contributed by atoms with van der Waals surface area (Å²) in [6.45, 7) is 0.409. The summed E-state index contributed by atoms with van der Waals surface area (Å²) < 4.78 is 38.7. The first-order valence-corrected chi connectivity index (χ1v) is 8.00. The van der Waals surface area contributed by atoms with E-state index in [1.807, 2.05) is 0 Å². The van der Waals surface area contributed by atoms with Gasteiger partial charge in [-0.1, -0.05) is 17.7 Å². The Hall–Kier alpha value is -1.63. The van der Waals surface area contributed by atoms with E-state index in [-0.39, 0.29) is 9.92 Å². The first kappa shape index (κ1) is 15.8. The number of benzene rings is 2. The van der Waals surface area contributed by atoms with Crippen molar-refractivity contribution < 1.29 is 12.8 Å². The second-order valence-corrected chi connectivity index (χ2v) is 6.63. The van der Waals surface area contributed by atoms with Gasteiger partial charge in [0.1, 0.15) is 5.82 Å². The van der Waals surface area contributed by atoms with Gasteiger partial charge in [0.2, 0.25) is 10.0 Å². The van der Waals surface area contributed by atoms with E-state index in [2.05, 4.69) is 10.0 Å². The zero-order valence-electron chi connectivity index (χ0n) is 11.2. The molecule has 0 heterocycles. The average molecular weight is 329 g/mol. The minimum Gasteiger partial charge on any atom is -0.381 e. The van der Waals surface area contributed by atoms with Crippen LogP contribution in [0, 0.1) is 5.82 Å². The number of nitrogens with one attached hydrogen (secondary N) is 2. The van der Waals surface area contributed by atoms with Crippen molar-refractivity contribution in [2.75, 3.05) is 12.4 Å². The molecule has 2 N–H and O–H groups in total. The van der Waals surface area contributed by atoms with Gasteiger partial charge in [-0.15, -0.1) is 0 Å². The molecule has 4 nitrogen and oxygen atoms in total. The van der Waals surface area contributed by atoms with Gasteiger partial charge in [0.05, 0.1) is 9.92 Å². The Morgan fingerprint density at radius 1 is 1.14 bits per heavy atom. The summed E-state index contributed by atoms with van der Waals surface area (Å²) in [5, 5.41) is 3.16. The van der Waals surface area contributed by atoms with E-state index in [0.717, 1.165) is 11.3 Å². The molecular weight excluding hydrogens is 315 g/mol. The van der Waals surface area contributed by atoms with E-state index in [1.165, 1.54) is 31.3 Å². The fourth-order valence-electron chi connectivity index (χ4n) is 1.72. The summed E-state index contributed by atoms with van der Waals surface area (Å²) in [7, 11) is -2.08. The van der Waals surface area contributed by atoms with E-state index in [4.69, 9.17) is 11.6 Å². The van der Waals surface area contributed by atoms with E-state index in [0.29, 0.717) is 6.54 Å². The van der Waals surface area contributed by atoms with Crippen LogP contribution in [0.15, 0.2) is 47.4 Å². The maximum absolute atomic E-state index is 13.3. The van der Waals surface area contributed by atoms with Crippen LogP contribution in [0.2, 0.25) is 5.02 Å². The molecule has 0 aliphatic carbocycles. The lowest BCUT2D eigenvalue weighted by atomic mass is 10.2. The Labute approximate surface area is 128 Å². The molecule has 0 bridgehead atoms. The second kappa shape index (κ2) is 6.43. The average Bonchev–Trinajstić information content (AvgIpc) is 2.49. The van der Waals surface area contributed by atoms with Gasteiger partial charge < -0.3 is 5.32 Å². The van der Waals surface area contributed by atoms with E-state index >= 15 is 0 Å². The van der Waals surface area contributed by atoms with Crippen LogP contribution in [-0.2, 0) is 16.6 Å². The molecule has 21 heavy (non-hydrogen) atoms. The van der Waals surface area contributed by atoms with Crippen molar-refractivity contribution in [2.45, 2.75) is 11.4 Å². The van der Waals surface area contributed by atoms with E-state index in [9.17, 15) is 12.8 Å². The van der Waals surface area contributed by atoms with Gasteiger partial charge in [-0.3, -0.25) is 0 Å². The molecule has 0 amide bonds. The number of anilines is 1. The zero-order valence-corrected chi connectivity index (χ0v) is 12.8. The molecule has 0 spiro atoms. The van der Waals surface area contributed by atoms with Gasteiger partial charge in [0, 0.05) is 12.2 Å². The van der Waals surface area contributed by atoms with Crippen molar-refractivity contribution in [3.63, 3.8) is 0 Å². The number of hydrogen-bond acceptors (Lipinski definition) is 3. The van der Waals surface area contributed by atoms with E-state index in [1.54, 1.807) is 18.2 Å². The lowest BCUT2D eigenvalue weighted by molar-refractivity contribution is 0.588. The zero-order chi connectivity index (χ0) is 15.5. The third-order valence-corrected chi connectivity index (χ3v) is 4.65. The molecule has 0 aromatic heterocycles. The van der Waals surface area contributed by atoms with Crippen molar-refractivity contribution in [3.8, 4) is 0 Å². The van der Waals surface area contributed by atoms with Crippen molar-refractivity contribution >= 4 is 27.3 Å². The first-order valence-electron chi connectivity index (χ1n) is 6.14. The maximum atomic E-state index is 13.3. The van der Waals surface area contributed by atoms with Crippen LogP contribution in [0.5, 0.6) is 0 Å². The molecule has 0 aliphatic heterocycles. The summed E-state index contributed by atoms with van der Waals surface area (Å²) in [4.78, 5) is 0.188. The number of sulfonamides is 1. The minimum atomic E-state index is -3.43. The molecule has 112 valence electrons. The SMILES string of the molecule is CNS(=O)(=O)c1ccc(NCc2ccc(Cl)c(F)c2)cc1. The number of halogens is 2. The molecule has 2 aromatic rings. The van der Waals surface area contributed by atoms with Crippen LogP contribution in [0.4, 0.5) is 10.1 Å². The molecule has 2 rings (SSSR count).